The zero-order chi connectivity index (χ0) is 9.68. The van der Waals surface area contributed by atoms with Crippen LogP contribution in [0.3, 0.4) is 0 Å². The molecule has 0 radical (unpaired) electrons. The lowest BCUT2D eigenvalue weighted by Crippen LogP contribution is -2.29. The van der Waals surface area contributed by atoms with Crippen molar-refractivity contribution >= 4 is 6.09 Å². The second-order valence-electron chi connectivity index (χ2n) is 2.93. The molecule has 0 spiro atoms. The molecule has 0 aromatic rings. The summed E-state index contributed by atoms with van der Waals surface area (Å²) in [5, 5.41) is 8.60. The monoisotopic (exact) mass is 180 g/mol. The van der Waals surface area contributed by atoms with E-state index in [0.29, 0.717) is 13.1 Å². The quantitative estimate of drug-likeness (QED) is 0.599. The van der Waals surface area contributed by atoms with Gasteiger partial charge in [0.2, 0.25) is 0 Å². The fourth-order valence-electron chi connectivity index (χ4n) is 1.25. The van der Waals surface area contributed by atoms with E-state index in [9.17, 15) is 4.79 Å². The first kappa shape index (κ1) is 9.59. The Labute approximate surface area is 77.4 Å². The first-order valence-corrected chi connectivity index (χ1v) is 4.20. The lowest BCUT2D eigenvalue weighted by atomic mass is 10.1. The summed E-state index contributed by atoms with van der Waals surface area (Å²) in [6, 6.07) is 2.14. The van der Waals surface area contributed by atoms with Crippen LogP contribution in [0.15, 0.2) is 12.7 Å². The van der Waals surface area contributed by atoms with Crippen molar-refractivity contribution in [3.63, 3.8) is 0 Å². The molecule has 1 rings (SSSR count). The zero-order valence-corrected chi connectivity index (χ0v) is 7.40. The molecule has 0 aliphatic carbocycles. The molecular formula is C9H12N2O2. The minimum absolute atomic E-state index is 0.0312. The first-order chi connectivity index (χ1) is 6.27. The molecule has 0 N–H and O–H groups in total. The van der Waals surface area contributed by atoms with Crippen molar-refractivity contribution in [3.05, 3.63) is 12.7 Å². The minimum atomic E-state index is -0.349. The van der Waals surface area contributed by atoms with Crippen LogP contribution in [0.2, 0.25) is 0 Å². The van der Waals surface area contributed by atoms with Gasteiger partial charge in [-0.15, -0.1) is 0 Å². The van der Waals surface area contributed by atoms with Crippen molar-refractivity contribution in [3.8, 4) is 6.07 Å². The van der Waals surface area contributed by atoms with Gasteiger partial charge in [0.05, 0.1) is 12.0 Å². The maximum Gasteiger partial charge on any atom is 0.410 e. The topological polar surface area (TPSA) is 53.3 Å². The highest BCUT2D eigenvalue weighted by atomic mass is 16.6. The summed E-state index contributed by atoms with van der Waals surface area (Å²) in [7, 11) is 0. The Hall–Kier alpha value is -1.50. The van der Waals surface area contributed by atoms with Gasteiger partial charge >= 0.3 is 6.09 Å². The molecule has 1 saturated heterocycles. The van der Waals surface area contributed by atoms with Crippen LogP contribution in [0.1, 0.15) is 6.42 Å². The van der Waals surface area contributed by atoms with E-state index in [1.807, 2.05) is 0 Å². The molecule has 70 valence electrons. The molecule has 0 aromatic carbocycles. The van der Waals surface area contributed by atoms with Crippen molar-refractivity contribution in [1.29, 1.82) is 5.26 Å². The first-order valence-electron chi connectivity index (χ1n) is 4.20. The Morgan fingerprint density at radius 3 is 3.15 bits per heavy atom. The average Bonchev–Trinajstić information content (AvgIpc) is 2.62. The molecule has 4 heteroatoms. The SMILES string of the molecule is C=CCOC(=O)N1CC[C@@H](C#N)C1. The third-order valence-electron chi connectivity index (χ3n) is 1.95. The third-order valence-corrected chi connectivity index (χ3v) is 1.95. The number of carbonyl (C=O) groups excluding carboxylic acids is 1. The number of likely N-dealkylation sites (tertiary alicyclic amines) is 1. The number of rotatable bonds is 2. The summed E-state index contributed by atoms with van der Waals surface area (Å²) in [4.78, 5) is 12.8. The predicted molar refractivity (Wildman–Crippen MR) is 46.8 cm³/mol. The van der Waals surface area contributed by atoms with Gasteiger partial charge in [-0.05, 0) is 6.42 Å². The highest BCUT2D eigenvalue weighted by Crippen LogP contribution is 2.15. The Balaban J connectivity index is 2.34. The smallest absolute Gasteiger partial charge is 0.410 e. The highest BCUT2D eigenvalue weighted by Gasteiger charge is 2.26. The molecule has 0 unspecified atom stereocenters. The fraction of sp³-hybridized carbons (Fsp3) is 0.556. The number of amides is 1. The lowest BCUT2D eigenvalue weighted by molar-refractivity contribution is 0.120. The lowest BCUT2D eigenvalue weighted by Gasteiger charge is -2.13. The number of carbonyl (C=O) groups is 1. The van der Waals surface area contributed by atoms with Crippen molar-refractivity contribution in [2.45, 2.75) is 6.42 Å². The van der Waals surface area contributed by atoms with Crippen LogP contribution < -0.4 is 0 Å². The molecule has 0 bridgehead atoms. The predicted octanol–water partition coefficient (Wildman–Crippen LogP) is 1.15. The van der Waals surface area contributed by atoms with E-state index >= 15 is 0 Å². The molecule has 1 atom stereocenters. The Kier molecular flexibility index (Phi) is 3.32. The average molecular weight is 180 g/mol. The molecular weight excluding hydrogens is 168 g/mol. The van der Waals surface area contributed by atoms with Crippen LogP contribution in [-0.4, -0.2) is 30.7 Å². The summed E-state index contributed by atoms with van der Waals surface area (Å²) in [6.07, 6.45) is 1.92. The van der Waals surface area contributed by atoms with Gasteiger partial charge in [0.25, 0.3) is 0 Å². The van der Waals surface area contributed by atoms with E-state index in [0.717, 1.165) is 6.42 Å². The number of hydrogen-bond donors (Lipinski definition) is 0. The van der Waals surface area contributed by atoms with E-state index in [1.54, 1.807) is 4.90 Å². The van der Waals surface area contributed by atoms with Crippen molar-refractivity contribution < 1.29 is 9.53 Å². The van der Waals surface area contributed by atoms with Crippen molar-refractivity contribution in [2.24, 2.45) is 5.92 Å². The number of nitrogens with zero attached hydrogens (tertiary/aromatic N) is 2. The van der Waals surface area contributed by atoms with Gasteiger partial charge in [0.1, 0.15) is 6.61 Å². The van der Waals surface area contributed by atoms with Crippen LogP contribution in [0, 0.1) is 17.2 Å². The van der Waals surface area contributed by atoms with Crippen LogP contribution in [-0.2, 0) is 4.74 Å². The summed E-state index contributed by atoms with van der Waals surface area (Å²) < 4.78 is 4.83. The normalized spacial score (nSPS) is 20.8. The van der Waals surface area contributed by atoms with Gasteiger partial charge in [-0.1, -0.05) is 12.7 Å². The van der Waals surface area contributed by atoms with E-state index in [1.165, 1.54) is 6.08 Å². The summed E-state index contributed by atoms with van der Waals surface area (Å²) >= 11 is 0. The molecule has 0 aromatic heterocycles. The Morgan fingerprint density at radius 2 is 2.62 bits per heavy atom. The number of hydrogen-bond acceptors (Lipinski definition) is 3. The molecule has 1 fully saturated rings. The number of ether oxygens (including phenoxy) is 1. The zero-order valence-electron chi connectivity index (χ0n) is 7.40. The van der Waals surface area contributed by atoms with E-state index < -0.39 is 0 Å². The summed E-state index contributed by atoms with van der Waals surface area (Å²) in [5.41, 5.74) is 0. The summed E-state index contributed by atoms with van der Waals surface area (Å²) in [6.45, 7) is 4.78. The molecule has 1 aliphatic heterocycles. The van der Waals surface area contributed by atoms with Crippen molar-refractivity contribution in [1.82, 2.24) is 4.90 Å². The maximum atomic E-state index is 11.2. The van der Waals surface area contributed by atoms with Crippen LogP contribution in [0.4, 0.5) is 4.79 Å². The Bertz CT molecular complexity index is 244. The Morgan fingerprint density at radius 1 is 1.85 bits per heavy atom. The second kappa shape index (κ2) is 4.51. The standard InChI is InChI=1S/C9H12N2O2/c1-2-5-13-9(12)11-4-3-8(6-10)7-11/h2,8H,1,3-5,7H2/t8-/m0/s1. The molecule has 1 amide bonds. The van der Waals surface area contributed by atoms with Gasteiger partial charge in [0.15, 0.2) is 0 Å². The molecule has 4 nitrogen and oxygen atoms in total. The second-order valence-corrected chi connectivity index (χ2v) is 2.93. The van der Waals surface area contributed by atoms with Crippen LogP contribution in [0.5, 0.6) is 0 Å². The molecule has 13 heavy (non-hydrogen) atoms. The number of nitriles is 1. The van der Waals surface area contributed by atoms with E-state index in [-0.39, 0.29) is 18.6 Å². The van der Waals surface area contributed by atoms with Gasteiger partial charge in [-0.2, -0.15) is 5.26 Å². The van der Waals surface area contributed by atoms with Crippen LogP contribution >= 0.6 is 0 Å². The van der Waals surface area contributed by atoms with Gasteiger partial charge in [-0.3, -0.25) is 0 Å². The largest absolute Gasteiger partial charge is 0.445 e. The van der Waals surface area contributed by atoms with Gasteiger partial charge in [0, 0.05) is 13.1 Å². The minimum Gasteiger partial charge on any atom is -0.445 e. The molecule has 1 aliphatic rings. The van der Waals surface area contributed by atoms with Crippen molar-refractivity contribution in [2.75, 3.05) is 19.7 Å². The maximum absolute atomic E-state index is 11.2. The van der Waals surface area contributed by atoms with E-state index in [2.05, 4.69) is 12.6 Å². The summed E-state index contributed by atoms with van der Waals surface area (Å²) in [5.74, 6) is -0.0312. The van der Waals surface area contributed by atoms with Gasteiger partial charge < -0.3 is 9.64 Å². The van der Waals surface area contributed by atoms with Crippen LogP contribution in [0.25, 0.3) is 0 Å². The third kappa shape index (κ3) is 2.48. The highest BCUT2D eigenvalue weighted by molar-refractivity contribution is 5.68. The molecule has 0 saturated carbocycles. The van der Waals surface area contributed by atoms with Gasteiger partial charge in [-0.25, -0.2) is 4.79 Å². The molecule has 1 heterocycles. The fourth-order valence-corrected chi connectivity index (χ4v) is 1.25. The van der Waals surface area contributed by atoms with E-state index in [4.69, 9.17) is 10.00 Å².